The smallest absolute Gasteiger partial charge is 0.321 e. The molecule has 1 N–H and O–H groups in total. The predicted octanol–water partition coefficient (Wildman–Crippen LogP) is 2.07. The quantitative estimate of drug-likeness (QED) is 0.937. The molecule has 1 heterocycles. The molecule has 1 aromatic carbocycles. The zero-order valence-corrected chi connectivity index (χ0v) is 11.6. The van der Waals surface area contributed by atoms with Gasteiger partial charge < -0.3 is 5.32 Å². The number of amides is 1. The van der Waals surface area contributed by atoms with Gasteiger partial charge in [0.15, 0.2) is 0 Å². The summed E-state index contributed by atoms with van der Waals surface area (Å²) >= 11 is 0. The first kappa shape index (κ1) is 14.9. The second-order valence-corrected chi connectivity index (χ2v) is 4.97. The van der Waals surface area contributed by atoms with Crippen molar-refractivity contribution >= 4 is 16.8 Å². The summed E-state index contributed by atoms with van der Waals surface area (Å²) in [6, 6.07) is 6.63. The van der Waals surface area contributed by atoms with E-state index in [9.17, 15) is 13.6 Å². The van der Waals surface area contributed by atoms with Gasteiger partial charge in [0.1, 0.15) is 0 Å². The lowest BCUT2D eigenvalue weighted by atomic mass is 10.2. The molecule has 1 amide bonds. The molecule has 0 fully saturated rings. The molecule has 0 radical (unpaired) electrons. The summed E-state index contributed by atoms with van der Waals surface area (Å²) in [4.78, 5) is 11.2. The fourth-order valence-electron chi connectivity index (χ4n) is 1.96. The number of fused-ring (bicyclic) bond motifs is 1. The molecule has 0 bridgehead atoms. The highest BCUT2D eigenvalue weighted by Crippen LogP contribution is 2.16. The molecule has 0 saturated heterocycles. The Labute approximate surface area is 120 Å². The molecule has 0 aliphatic rings. The van der Waals surface area contributed by atoms with Gasteiger partial charge in [-0.15, -0.1) is 0 Å². The second kappa shape index (κ2) is 5.48. The van der Waals surface area contributed by atoms with Gasteiger partial charge in [0.25, 0.3) is 5.91 Å². The van der Waals surface area contributed by atoms with Crippen LogP contribution in [0.2, 0.25) is 0 Å². The molecule has 0 spiro atoms. The number of benzene rings is 1. The Morgan fingerprint density at radius 3 is 2.90 bits per heavy atom. The Morgan fingerprint density at radius 2 is 2.29 bits per heavy atom. The van der Waals surface area contributed by atoms with Gasteiger partial charge in [-0.3, -0.25) is 9.48 Å². The monoisotopic (exact) mass is 292 g/mol. The Morgan fingerprint density at radius 1 is 1.57 bits per heavy atom. The molecule has 0 aliphatic heterocycles. The van der Waals surface area contributed by atoms with Gasteiger partial charge in [-0.2, -0.15) is 19.1 Å². The average molecular weight is 292 g/mol. The van der Waals surface area contributed by atoms with Gasteiger partial charge in [-0.05, 0) is 25.1 Å². The van der Waals surface area contributed by atoms with E-state index < -0.39 is 17.9 Å². The summed E-state index contributed by atoms with van der Waals surface area (Å²) in [5.74, 6) is -4.71. The van der Waals surface area contributed by atoms with Crippen LogP contribution in [0.5, 0.6) is 0 Å². The largest absolute Gasteiger partial charge is 0.347 e. The lowest BCUT2D eigenvalue weighted by Gasteiger charge is -2.17. The molecule has 1 atom stereocenters. The van der Waals surface area contributed by atoms with Crippen molar-refractivity contribution in [2.24, 2.45) is 0 Å². The molecule has 5 nitrogen and oxygen atoms in total. The van der Waals surface area contributed by atoms with E-state index >= 15 is 0 Å². The molecule has 7 heteroatoms. The first-order chi connectivity index (χ1) is 9.81. The number of halogens is 2. The lowest BCUT2D eigenvalue weighted by Crippen LogP contribution is -2.44. The van der Waals surface area contributed by atoms with Gasteiger partial charge in [-0.25, -0.2) is 0 Å². The molecule has 0 aliphatic carbocycles. The van der Waals surface area contributed by atoms with Gasteiger partial charge >= 0.3 is 5.92 Å². The van der Waals surface area contributed by atoms with Crippen LogP contribution < -0.4 is 5.32 Å². The second-order valence-electron chi connectivity index (χ2n) is 4.97. The molecule has 110 valence electrons. The number of rotatable bonds is 4. The summed E-state index contributed by atoms with van der Waals surface area (Å²) in [7, 11) is 0. The zero-order valence-electron chi connectivity index (χ0n) is 11.6. The van der Waals surface area contributed by atoms with Crippen molar-refractivity contribution in [3.63, 3.8) is 0 Å². The fraction of sp³-hybridized carbons (Fsp3) is 0.357. The van der Waals surface area contributed by atoms with Gasteiger partial charge in [0, 0.05) is 18.4 Å². The van der Waals surface area contributed by atoms with Crippen LogP contribution in [0.4, 0.5) is 8.78 Å². The number of nitriles is 1. The van der Waals surface area contributed by atoms with Crippen LogP contribution in [0.15, 0.2) is 24.4 Å². The number of carbonyl (C=O) groups is 1. The van der Waals surface area contributed by atoms with Crippen molar-refractivity contribution in [1.29, 1.82) is 5.26 Å². The van der Waals surface area contributed by atoms with Crippen molar-refractivity contribution in [1.82, 2.24) is 15.1 Å². The van der Waals surface area contributed by atoms with E-state index in [1.807, 2.05) is 6.07 Å². The number of nitrogens with one attached hydrogen (secondary N) is 1. The summed E-state index contributed by atoms with van der Waals surface area (Å²) in [5, 5.41) is 16.0. The Hall–Kier alpha value is -2.49. The van der Waals surface area contributed by atoms with Crippen LogP contribution in [0.3, 0.4) is 0 Å². The van der Waals surface area contributed by atoms with Crippen molar-refractivity contribution in [2.45, 2.75) is 32.4 Å². The number of aromatic nitrogens is 2. The van der Waals surface area contributed by atoms with Crippen LogP contribution >= 0.6 is 0 Å². The normalized spacial score (nSPS) is 12.9. The van der Waals surface area contributed by atoms with E-state index in [0.29, 0.717) is 12.5 Å². The Kier molecular flexibility index (Phi) is 3.89. The van der Waals surface area contributed by atoms with Gasteiger partial charge in [-0.1, -0.05) is 0 Å². The van der Waals surface area contributed by atoms with Crippen molar-refractivity contribution < 1.29 is 13.6 Å². The fourth-order valence-corrected chi connectivity index (χ4v) is 1.96. The van der Waals surface area contributed by atoms with Crippen LogP contribution in [-0.2, 0) is 11.3 Å². The van der Waals surface area contributed by atoms with Crippen molar-refractivity contribution in [2.75, 3.05) is 0 Å². The first-order valence-electron chi connectivity index (χ1n) is 6.35. The summed E-state index contributed by atoms with van der Waals surface area (Å²) in [6.45, 7) is 2.44. The zero-order chi connectivity index (χ0) is 15.6. The summed E-state index contributed by atoms with van der Waals surface area (Å²) in [6.07, 6.45) is 1.60. The average Bonchev–Trinajstić information content (AvgIpc) is 2.79. The van der Waals surface area contributed by atoms with Gasteiger partial charge in [0.05, 0.1) is 29.9 Å². The van der Waals surface area contributed by atoms with E-state index in [2.05, 4.69) is 10.4 Å². The molecule has 21 heavy (non-hydrogen) atoms. The van der Waals surface area contributed by atoms with Gasteiger partial charge in [0.2, 0.25) is 0 Å². The van der Waals surface area contributed by atoms with Crippen LogP contribution in [0.1, 0.15) is 19.4 Å². The maximum Gasteiger partial charge on any atom is 0.321 e. The van der Waals surface area contributed by atoms with E-state index in [1.165, 1.54) is 0 Å². The molecule has 0 saturated carbocycles. The number of hydrogen-bond acceptors (Lipinski definition) is 3. The van der Waals surface area contributed by atoms with Crippen molar-refractivity contribution in [3.8, 4) is 6.07 Å². The SMILES string of the molecule is C[C@H](Cn1ncc2cc(C#N)ccc21)NC(=O)C(C)(F)F. The minimum absolute atomic E-state index is 0.261. The van der Waals surface area contributed by atoms with E-state index in [4.69, 9.17) is 5.26 Å². The summed E-state index contributed by atoms with van der Waals surface area (Å²) < 4.78 is 27.3. The number of carbonyl (C=O) groups excluding carboxylic acids is 1. The standard InChI is InChI=1S/C14H14F2N4O/c1-9(19-13(21)14(2,15)16)8-20-12-4-3-10(6-17)5-11(12)7-18-20/h3-5,7,9H,8H2,1-2H3,(H,19,21)/t9-/m1/s1. The highest BCUT2D eigenvalue weighted by molar-refractivity contribution is 5.83. The number of nitrogens with zero attached hydrogens (tertiary/aromatic N) is 3. The van der Waals surface area contributed by atoms with Crippen LogP contribution in [0.25, 0.3) is 10.9 Å². The van der Waals surface area contributed by atoms with E-state index in [0.717, 1.165) is 10.9 Å². The molecular formula is C14H14F2N4O. The minimum Gasteiger partial charge on any atom is -0.347 e. The maximum atomic E-state index is 12.8. The highest BCUT2D eigenvalue weighted by atomic mass is 19.3. The third-order valence-corrected chi connectivity index (χ3v) is 2.99. The Balaban J connectivity index is 2.13. The van der Waals surface area contributed by atoms with Crippen LogP contribution in [0, 0.1) is 11.3 Å². The molecule has 2 aromatic rings. The third-order valence-electron chi connectivity index (χ3n) is 2.99. The predicted molar refractivity (Wildman–Crippen MR) is 72.7 cm³/mol. The third kappa shape index (κ3) is 3.34. The maximum absolute atomic E-state index is 12.8. The van der Waals surface area contributed by atoms with Crippen LogP contribution in [-0.4, -0.2) is 27.7 Å². The lowest BCUT2D eigenvalue weighted by molar-refractivity contribution is -0.143. The molecule has 1 aromatic heterocycles. The topological polar surface area (TPSA) is 70.7 Å². The first-order valence-corrected chi connectivity index (χ1v) is 6.35. The molecule has 2 rings (SSSR count). The minimum atomic E-state index is -3.40. The molecular weight excluding hydrogens is 278 g/mol. The molecule has 0 unspecified atom stereocenters. The number of hydrogen-bond donors (Lipinski definition) is 1. The van der Waals surface area contributed by atoms with E-state index in [-0.39, 0.29) is 6.54 Å². The Bertz CT molecular complexity index is 712. The highest BCUT2D eigenvalue weighted by Gasteiger charge is 2.32. The van der Waals surface area contributed by atoms with Crippen molar-refractivity contribution in [3.05, 3.63) is 30.0 Å². The number of alkyl halides is 2. The van der Waals surface area contributed by atoms with E-state index in [1.54, 1.807) is 36.0 Å². The summed E-state index contributed by atoms with van der Waals surface area (Å²) in [5.41, 5.74) is 1.30.